The SMILES string of the molecule is CCCCC/C=C\C/C=C\CCCCCCCCCC(=O)OCCCCCCCCCCCCCC/C=C\CCCCCCCCCCCC(=O)NC(CO)C(O)/C=C/CCCCCCCCCCCCCCCCCCCCCCCC. The minimum absolute atomic E-state index is 0.00569. The molecule has 0 fully saturated rings. The normalized spacial score (nSPS) is 12.8. The zero-order valence-electron chi connectivity index (χ0n) is 55.9. The van der Waals surface area contributed by atoms with Crippen LogP contribution < -0.4 is 5.32 Å². The van der Waals surface area contributed by atoms with Crippen molar-refractivity contribution in [1.29, 1.82) is 0 Å². The number of carbonyl (C=O) groups is 2. The molecule has 0 heterocycles. The van der Waals surface area contributed by atoms with E-state index in [1.54, 1.807) is 6.08 Å². The first-order valence-electron chi connectivity index (χ1n) is 37.4. The summed E-state index contributed by atoms with van der Waals surface area (Å²) < 4.78 is 5.50. The van der Waals surface area contributed by atoms with Gasteiger partial charge in [-0.3, -0.25) is 9.59 Å². The first-order valence-corrected chi connectivity index (χ1v) is 37.4. The van der Waals surface area contributed by atoms with Gasteiger partial charge in [-0.1, -0.05) is 351 Å². The Morgan fingerprint density at radius 1 is 0.337 bits per heavy atom. The van der Waals surface area contributed by atoms with Crippen LogP contribution >= 0.6 is 0 Å². The van der Waals surface area contributed by atoms with E-state index in [1.807, 2.05) is 6.08 Å². The van der Waals surface area contributed by atoms with E-state index in [9.17, 15) is 19.8 Å². The number of rotatable bonds is 70. The van der Waals surface area contributed by atoms with Gasteiger partial charge in [0.1, 0.15) is 0 Å². The molecule has 0 bridgehead atoms. The largest absolute Gasteiger partial charge is 0.466 e. The van der Waals surface area contributed by atoms with Gasteiger partial charge < -0.3 is 20.3 Å². The molecule has 1 amide bonds. The van der Waals surface area contributed by atoms with E-state index in [0.717, 1.165) is 51.4 Å². The zero-order chi connectivity index (χ0) is 59.9. The van der Waals surface area contributed by atoms with Crippen molar-refractivity contribution in [3.05, 3.63) is 48.6 Å². The third kappa shape index (κ3) is 68.8. The highest BCUT2D eigenvalue weighted by molar-refractivity contribution is 5.76. The Morgan fingerprint density at radius 2 is 0.602 bits per heavy atom. The molecule has 6 nitrogen and oxygen atoms in total. The van der Waals surface area contributed by atoms with Crippen molar-refractivity contribution in [2.45, 2.75) is 418 Å². The molecule has 3 N–H and O–H groups in total. The first kappa shape index (κ1) is 80.8. The molecule has 0 aliphatic heterocycles. The van der Waals surface area contributed by atoms with Gasteiger partial charge in [-0.2, -0.15) is 0 Å². The van der Waals surface area contributed by atoms with Gasteiger partial charge in [-0.15, -0.1) is 0 Å². The number of unbranched alkanes of at least 4 members (excludes halogenated alkanes) is 53. The zero-order valence-corrected chi connectivity index (χ0v) is 55.9. The van der Waals surface area contributed by atoms with Crippen LogP contribution in [0.25, 0.3) is 0 Å². The Morgan fingerprint density at radius 3 is 0.952 bits per heavy atom. The van der Waals surface area contributed by atoms with Crippen molar-refractivity contribution in [3.63, 3.8) is 0 Å². The fraction of sp³-hybridized carbons (Fsp3) is 0.870. The van der Waals surface area contributed by atoms with Crippen LogP contribution in [0, 0.1) is 0 Å². The van der Waals surface area contributed by atoms with E-state index in [2.05, 4.69) is 55.6 Å². The van der Waals surface area contributed by atoms with Gasteiger partial charge in [0.2, 0.25) is 5.91 Å². The predicted octanol–water partition coefficient (Wildman–Crippen LogP) is 24.4. The molecule has 0 spiro atoms. The average Bonchev–Trinajstić information content (AvgIpc) is 3.48. The predicted molar refractivity (Wildman–Crippen MR) is 366 cm³/mol. The molecule has 6 heteroatoms. The number of ether oxygens (including phenoxy) is 1. The summed E-state index contributed by atoms with van der Waals surface area (Å²) in [7, 11) is 0. The van der Waals surface area contributed by atoms with Crippen molar-refractivity contribution in [1.82, 2.24) is 5.32 Å². The summed E-state index contributed by atoms with van der Waals surface area (Å²) in [6.45, 7) is 4.91. The van der Waals surface area contributed by atoms with Gasteiger partial charge in [-0.25, -0.2) is 0 Å². The summed E-state index contributed by atoms with van der Waals surface area (Å²) in [6.07, 6.45) is 94.9. The highest BCUT2D eigenvalue weighted by atomic mass is 16.5. The molecule has 0 radical (unpaired) electrons. The molecule has 0 saturated carbocycles. The molecule has 2 unspecified atom stereocenters. The van der Waals surface area contributed by atoms with Crippen molar-refractivity contribution < 1.29 is 24.5 Å². The van der Waals surface area contributed by atoms with Crippen LogP contribution in [0.5, 0.6) is 0 Å². The van der Waals surface area contributed by atoms with Gasteiger partial charge in [0.15, 0.2) is 0 Å². The fourth-order valence-electron chi connectivity index (χ4n) is 11.6. The van der Waals surface area contributed by atoms with E-state index in [0.29, 0.717) is 19.4 Å². The molecule has 0 aliphatic rings. The van der Waals surface area contributed by atoms with Gasteiger partial charge in [0.05, 0.1) is 25.4 Å². The highest BCUT2D eigenvalue weighted by Gasteiger charge is 2.18. The van der Waals surface area contributed by atoms with E-state index in [-0.39, 0.29) is 18.5 Å². The van der Waals surface area contributed by atoms with Crippen LogP contribution in [0.1, 0.15) is 406 Å². The lowest BCUT2D eigenvalue weighted by Crippen LogP contribution is -2.45. The molecular weight excluding hydrogens is 1020 g/mol. The Balaban J connectivity index is 3.42. The standard InChI is InChI=1S/C77H145NO5/c1-3-5-7-9-11-13-15-17-19-21-22-23-24-28-31-34-38-41-45-49-53-57-61-65-69-75(80)74(73-79)78-76(81)70-66-62-58-54-50-46-42-39-35-32-29-26-25-27-30-33-36-40-44-48-52-56-60-64-68-72-83-77(82)71-67-63-59-55-51-47-43-37-20-18-16-14-12-10-8-6-4-2/h12,14,18,20,26,29,65,69,74-75,79-80H,3-11,13,15-17,19,21-25,27-28,30-64,66-68,70-73H2,1-2H3,(H,78,81)/b14-12-,20-18-,29-26-,69-65+. The lowest BCUT2D eigenvalue weighted by Gasteiger charge is -2.20. The van der Waals surface area contributed by atoms with Gasteiger partial charge in [0.25, 0.3) is 0 Å². The van der Waals surface area contributed by atoms with Gasteiger partial charge in [-0.05, 0) is 89.9 Å². The number of hydrogen-bond acceptors (Lipinski definition) is 5. The summed E-state index contributed by atoms with van der Waals surface area (Å²) >= 11 is 0. The molecule has 0 aromatic rings. The molecule has 0 aromatic heterocycles. The van der Waals surface area contributed by atoms with Crippen molar-refractivity contribution in [3.8, 4) is 0 Å². The van der Waals surface area contributed by atoms with E-state index < -0.39 is 12.1 Å². The number of carbonyl (C=O) groups excluding carboxylic acids is 2. The number of hydrogen-bond donors (Lipinski definition) is 3. The van der Waals surface area contributed by atoms with Crippen LogP contribution in [0.15, 0.2) is 48.6 Å². The maximum Gasteiger partial charge on any atom is 0.305 e. The van der Waals surface area contributed by atoms with Gasteiger partial charge >= 0.3 is 5.97 Å². The van der Waals surface area contributed by atoms with Crippen LogP contribution in [-0.2, 0) is 14.3 Å². The lowest BCUT2D eigenvalue weighted by atomic mass is 10.0. The molecule has 0 rings (SSSR count). The number of esters is 1. The average molecular weight is 1170 g/mol. The summed E-state index contributed by atoms with van der Waals surface area (Å²) in [6, 6.07) is -0.633. The van der Waals surface area contributed by atoms with E-state index >= 15 is 0 Å². The van der Waals surface area contributed by atoms with Crippen LogP contribution in [0.4, 0.5) is 0 Å². The first-order chi connectivity index (χ1) is 41.0. The minimum Gasteiger partial charge on any atom is -0.466 e. The number of aliphatic hydroxyl groups excluding tert-OH is 2. The molecule has 0 aromatic carbocycles. The second-order valence-corrected chi connectivity index (χ2v) is 25.6. The molecule has 0 saturated heterocycles. The Kier molecular flexibility index (Phi) is 70.4. The Bertz CT molecular complexity index is 1390. The van der Waals surface area contributed by atoms with Crippen molar-refractivity contribution in [2.75, 3.05) is 13.2 Å². The second kappa shape index (κ2) is 72.3. The maximum absolute atomic E-state index is 12.5. The second-order valence-electron chi connectivity index (χ2n) is 25.6. The summed E-state index contributed by atoms with van der Waals surface area (Å²) in [5.41, 5.74) is 0. The Labute approximate surface area is 518 Å². The van der Waals surface area contributed by atoms with E-state index in [4.69, 9.17) is 4.74 Å². The Hall–Kier alpha value is -2.18. The van der Waals surface area contributed by atoms with Crippen molar-refractivity contribution >= 4 is 11.9 Å². The van der Waals surface area contributed by atoms with Crippen molar-refractivity contribution in [2.24, 2.45) is 0 Å². The van der Waals surface area contributed by atoms with Crippen LogP contribution in [-0.4, -0.2) is 47.4 Å². The van der Waals surface area contributed by atoms with Gasteiger partial charge in [0, 0.05) is 12.8 Å². The molecule has 2 atom stereocenters. The molecule has 83 heavy (non-hydrogen) atoms. The number of amides is 1. The quantitative estimate of drug-likeness (QED) is 0.0320. The molecule has 0 aliphatic carbocycles. The third-order valence-corrected chi connectivity index (χ3v) is 17.3. The molecule has 488 valence electrons. The lowest BCUT2D eigenvalue weighted by molar-refractivity contribution is -0.143. The summed E-state index contributed by atoms with van der Waals surface area (Å²) in [5, 5.41) is 23.3. The number of aliphatic hydroxyl groups is 2. The topological polar surface area (TPSA) is 95.9 Å². The third-order valence-electron chi connectivity index (χ3n) is 17.3. The summed E-state index contributed by atoms with van der Waals surface area (Å²) in [4.78, 5) is 24.6. The number of allylic oxidation sites excluding steroid dienone is 7. The highest BCUT2D eigenvalue weighted by Crippen LogP contribution is 2.19. The monoisotopic (exact) mass is 1160 g/mol. The van der Waals surface area contributed by atoms with Crippen LogP contribution in [0.3, 0.4) is 0 Å². The molecular formula is C77H145NO5. The maximum atomic E-state index is 12.5. The number of nitrogens with one attached hydrogen (secondary N) is 1. The smallest absolute Gasteiger partial charge is 0.305 e. The fourth-order valence-corrected chi connectivity index (χ4v) is 11.6. The minimum atomic E-state index is -0.849. The van der Waals surface area contributed by atoms with Crippen LogP contribution in [0.2, 0.25) is 0 Å². The van der Waals surface area contributed by atoms with E-state index in [1.165, 1.54) is 327 Å². The summed E-state index contributed by atoms with van der Waals surface area (Å²) in [5.74, 6) is -0.0616.